The van der Waals surface area contributed by atoms with Crippen molar-refractivity contribution < 1.29 is 23.5 Å². The standard InChI is InChI=1S/C13H15F2NO3/c1-3-13(4-2,12(18)19)16-11(17)10-8(14)6-5-7-9(10)15/h5-7H,3-4H2,1-2H3,(H,16,17)(H,18,19). The molecular formula is C13H15F2NO3. The second-order valence-electron chi connectivity index (χ2n) is 4.15. The molecule has 0 unspecified atom stereocenters. The van der Waals surface area contributed by atoms with Crippen LogP contribution in [0, 0.1) is 11.6 Å². The lowest BCUT2D eigenvalue weighted by Crippen LogP contribution is -2.54. The van der Waals surface area contributed by atoms with Gasteiger partial charge in [-0.25, -0.2) is 13.6 Å². The number of nitrogens with one attached hydrogen (secondary N) is 1. The van der Waals surface area contributed by atoms with E-state index in [4.69, 9.17) is 5.11 Å². The van der Waals surface area contributed by atoms with Gasteiger partial charge in [0.1, 0.15) is 22.7 Å². The predicted octanol–water partition coefficient (Wildman–Crippen LogP) is 2.34. The van der Waals surface area contributed by atoms with Gasteiger partial charge >= 0.3 is 5.97 Å². The Bertz CT molecular complexity index is 478. The molecule has 0 heterocycles. The summed E-state index contributed by atoms with van der Waals surface area (Å²) in [5.74, 6) is -4.35. The number of carbonyl (C=O) groups excluding carboxylic acids is 1. The summed E-state index contributed by atoms with van der Waals surface area (Å²) in [5, 5.41) is 11.4. The van der Waals surface area contributed by atoms with Crippen LogP contribution in [0.5, 0.6) is 0 Å². The second-order valence-corrected chi connectivity index (χ2v) is 4.15. The number of carbonyl (C=O) groups is 2. The average molecular weight is 271 g/mol. The minimum atomic E-state index is -1.52. The van der Waals surface area contributed by atoms with E-state index in [1.807, 2.05) is 0 Å². The zero-order valence-corrected chi connectivity index (χ0v) is 10.7. The van der Waals surface area contributed by atoms with Gasteiger partial charge in [-0.2, -0.15) is 0 Å². The normalized spacial score (nSPS) is 11.2. The second kappa shape index (κ2) is 5.77. The largest absolute Gasteiger partial charge is 0.480 e. The lowest BCUT2D eigenvalue weighted by molar-refractivity contribution is -0.144. The molecule has 1 aromatic rings. The summed E-state index contributed by atoms with van der Waals surface area (Å²) in [6, 6.07) is 3.02. The highest BCUT2D eigenvalue weighted by atomic mass is 19.1. The van der Waals surface area contributed by atoms with Gasteiger partial charge in [-0.15, -0.1) is 0 Å². The number of halogens is 2. The van der Waals surface area contributed by atoms with Gasteiger partial charge in [-0.3, -0.25) is 4.79 Å². The van der Waals surface area contributed by atoms with Gasteiger partial charge in [0.25, 0.3) is 5.91 Å². The first-order chi connectivity index (χ1) is 8.88. The molecule has 2 N–H and O–H groups in total. The third kappa shape index (κ3) is 2.89. The Labute approximate surface area is 109 Å². The van der Waals surface area contributed by atoms with Crippen molar-refractivity contribution in [1.29, 1.82) is 0 Å². The summed E-state index contributed by atoms with van der Waals surface area (Å²) >= 11 is 0. The Kier molecular flexibility index (Phi) is 4.58. The van der Waals surface area contributed by atoms with Crippen LogP contribution in [0.2, 0.25) is 0 Å². The maximum absolute atomic E-state index is 13.4. The van der Waals surface area contributed by atoms with Crippen LogP contribution in [0.15, 0.2) is 18.2 Å². The van der Waals surface area contributed by atoms with Crippen LogP contribution in [-0.4, -0.2) is 22.5 Å². The van der Waals surface area contributed by atoms with E-state index in [9.17, 15) is 18.4 Å². The molecule has 6 heteroatoms. The van der Waals surface area contributed by atoms with Gasteiger partial charge in [0.15, 0.2) is 0 Å². The highest BCUT2D eigenvalue weighted by Gasteiger charge is 2.37. The molecular weight excluding hydrogens is 256 g/mol. The number of aliphatic carboxylic acids is 1. The summed E-state index contributed by atoms with van der Waals surface area (Å²) in [5.41, 5.74) is -2.29. The van der Waals surface area contributed by atoms with Crippen molar-refractivity contribution >= 4 is 11.9 Å². The van der Waals surface area contributed by atoms with Crippen LogP contribution in [0.3, 0.4) is 0 Å². The van der Waals surface area contributed by atoms with Crippen LogP contribution in [-0.2, 0) is 4.79 Å². The smallest absolute Gasteiger partial charge is 0.329 e. The summed E-state index contributed by atoms with van der Waals surface area (Å²) in [4.78, 5) is 23.1. The Morgan fingerprint density at radius 1 is 1.21 bits per heavy atom. The van der Waals surface area contributed by atoms with Gasteiger partial charge in [0, 0.05) is 0 Å². The van der Waals surface area contributed by atoms with Crippen LogP contribution in [0.4, 0.5) is 8.78 Å². The number of carboxylic acid groups (broad SMARTS) is 1. The van der Waals surface area contributed by atoms with Gasteiger partial charge < -0.3 is 10.4 Å². The van der Waals surface area contributed by atoms with Crippen molar-refractivity contribution in [2.75, 3.05) is 0 Å². The number of amides is 1. The third-order valence-electron chi connectivity index (χ3n) is 3.16. The van der Waals surface area contributed by atoms with Crippen molar-refractivity contribution in [3.63, 3.8) is 0 Å². The van der Waals surface area contributed by atoms with E-state index >= 15 is 0 Å². The first kappa shape index (κ1) is 15.1. The fourth-order valence-electron chi connectivity index (χ4n) is 1.78. The SMILES string of the molecule is CCC(CC)(NC(=O)c1c(F)cccc1F)C(=O)O. The third-order valence-corrected chi connectivity index (χ3v) is 3.16. The summed E-state index contributed by atoms with van der Waals surface area (Å²) < 4.78 is 26.9. The Balaban J connectivity index is 3.11. The Hall–Kier alpha value is -1.98. The molecule has 4 nitrogen and oxygen atoms in total. The lowest BCUT2D eigenvalue weighted by atomic mass is 9.92. The zero-order valence-electron chi connectivity index (χ0n) is 10.7. The van der Waals surface area contributed by atoms with E-state index in [2.05, 4.69) is 5.32 Å². The van der Waals surface area contributed by atoms with E-state index in [1.54, 1.807) is 13.8 Å². The number of rotatable bonds is 5. The minimum Gasteiger partial charge on any atom is -0.480 e. The number of carboxylic acids is 1. The van der Waals surface area contributed by atoms with E-state index in [0.717, 1.165) is 18.2 Å². The van der Waals surface area contributed by atoms with Crippen molar-refractivity contribution in [3.8, 4) is 0 Å². The van der Waals surface area contributed by atoms with Gasteiger partial charge in [-0.05, 0) is 25.0 Å². The molecule has 0 aliphatic carbocycles. The molecule has 0 spiro atoms. The first-order valence-electron chi connectivity index (χ1n) is 5.88. The molecule has 0 fully saturated rings. The van der Waals surface area contributed by atoms with E-state index in [-0.39, 0.29) is 12.8 Å². The van der Waals surface area contributed by atoms with Crippen LogP contribution < -0.4 is 5.32 Å². The molecule has 0 atom stereocenters. The first-order valence-corrected chi connectivity index (χ1v) is 5.88. The maximum atomic E-state index is 13.4. The van der Waals surface area contributed by atoms with Crippen LogP contribution in [0.25, 0.3) is 0 Å². The Morgan fingerprint density at radius 3 is 2.05 bits per heavy atom. The van der Waals surface area contributed by atoms with Gasteiger partial charge in [0.05, 0.1) is 0 Å². The molecule has 0 bridgehead atoms. The van der Waals surface area contributed by atoms with Crippen LogP contribution >= 0.6 is 0 Å². The zero-order chi connectivity index (χ0) is 14.6. The van der Waals surface area contributed by atoms with E-state index < -0.39 is 34.6 Å². The number of hydrogen-bond donors (Lipinski definition) is 2. The van der Waals surface area contributed by atoms with Crippen LogP contribution in [0.1, 0.15) is 37.0 Å². The van der Waals surface area contributed by atoms with E-state index in [1.165, 1.54) is 0 Å². The summed E-state index contributed by atoms with van der Waals surface area (Å²) in [6.07, 6.45) is 0.224. The molecule has 0 radical (unpaired) electrons. The van der Waals surface area contributed by atoms with Crippen molar-refractivity contribution in [3.05, 3.63) is 35.4 Å². The molecule has 19 heavy (non-hydrogen) atoms. The summed E-state index contributed by atoms with van der Waals surface area (Å²) in [6.45, 7) is 3.16. The number of benzene rings is 1. The molecule has 0 aliphatic heterocycles. The van der Waals surface area contributed by atoms with Gasteiger partial charge in [-0.1, -0.05) is 19.9 Å². The molecule has 1 rings (SSSR count). The minimum absolute atomic E-state index is 0.112. The molecule has 104 valence electrons. The molecule has 0 saturated carbocycles. The lowest BCUT2D eigenvalue weighted by Gasteiger charge is -2.28. The molecule has 1 aromatic carbocycles. The monoisotopic (exact) mass is 271 g/mol. The fourth-order valence-corrected chi connectivity index (χ4v) is 1.78. The van der Waals surface area contributed by atoms with Crippen molar-refractivity contribution in [2.24, 2.45) is 0 Å². The molecule has 0 aliphatic rings. The molecule has 0 saturated heterocycles. The predicted molar refractivity (Wildman–Crippen MR) is 64.8 cm³/mol. The number of hydrogen-bond acceptors (Lipinski definition) is 2. The molecule has 0 aromatic heterocycles. The van der Waals surface area contributed by atoms with Gasteiger partial charge in [0.2, 0.25) is 0 Å². The maximum Gasteiger partial charge on any atom is 0.329 e. The topological polar surface area (TPSA) is 66.4 Å². The van der Waals surface area contributed by atoms with Crippen molar-refractivity contribution in [1.82, 2.24) is 5.32 Å². The highest BCUT2D eigenvalue weighted by Crippen LogP contribution is 2.18. The highest BCUT2D eigenvalue weighted by molar-refractivity contribution is 5.98. The fraction of sp³-hybridized carbons (Fsp3) is 0.385. The summed E-state index contributed by atoms with van der Waals surface area (Å²) in [7, 11) is 0. The average Bonchev–Trinajstić information content (AvgIpc) is 2.35. The van der Waals surface area contributed by atoms with E-state index in [0.29, 0.717) is 0 Å². The molecule has 1 amide bonds. The quantitative estimate of drug-likeness (QED) is 0.863. The van der Waals surface area contributed by atoms with Crippen molar-refractivity contribution in [2.45, 2.75) is 32.2 Å². The Morgan fingerprint density at radius 2 is 1.68 bits per heavy atom.